The van der Waals surface area contributed by atoms with Crippen molar-refractivity contribution in [1.29, 1.82) is 0 Å². The maximum Gasteiger partial charge on any atom is 0.516 e. The number of nitrogens with one attached hydrogen (secondary N) is 1. The first-order chi connectivity index (χ1) is 20.5. The zero-order valence-corrected chi connectivity index (χ0v) is 24.4. The van der Waals surface area contributed by atoms with Crippen LogP contribution in [0.2, 0.25) is 0 Å². The summed E-state index contributed by atoms with van der Waals surface area (Å²) < 4.78 is 78.2. The summed E-state index contributed by atoms with van der Waals surface area (Å²) in [5, 5.41) is 0. The molecule has 3 aromatic rings. The third-order valence-corrected chi connectivity index (χ3v) is 7.04. The lowest BCUT2D eigenvalue weighted by molar-refractivity contribution is -0.140. The minimum Gasteiger partial charge on any atom is -0.497 e. The molecule has 12 heteroatoms. The Labute approximate surface area is 248 Å². The minimum absolute atomic E-state index is 0.0777. The average molecular weight is 617 g/mol. The van der Waals surface area contributed by atoms with Crippen LogP contribution < -0.4 is 14.2 Å². The molecule has 8 nitrogen and oxygen atoms in total. The van der Waals surface area contributed by atoms with Gasteiger partial charge in [-0.2, -0.15) is 21.6 Å². The quantitative estimate of drug-likeness (QED) is 0.140. The molecule has 0 unspecified atom stereocenters. The minimum atomic E-state index is -5.56. The number of methoxy groups -OCH3 is 2. The van der Waals surface area contributed by atoms with E-state index in [2.05, 4.69) is 22.9 Å². The van der Waals surface area contributed by atoms with Gasteiger partial charge in [-0.3, -0.25) is 9.52 Å². The molecule has 2 aromatic carbocycles. The highest BCUT2D eigenvalue weighted by Gasteiger charge is 2.46. The van der Waals surface area contributed by atoms with E-state index in [1.165, 1.54) is 36.1 Å². The van der Waals surface area contributed by atoms with Crippen molar-refractivity contribution in [2.24, 2.45) is 0 Å². The number of hydrogen-bond acceptors (Lipinski definition) is 7. The molecular formula is C31H31F3N2O6S. The van der Waals surface area contributed by atoms with Gasteiger partial charge in [-0.25, -0.2) is 4.98 Å². The van der Waals surface area contributed by atoms with Crippen molar-refractivity contribution in [3.63, 3.8) is 0 Å². The lowest BCUT2D eigenvalue weighted by atomic mass is 10.1. The number of halogens is 3. The van der Waals surface area contributed by atoms with Crippen LogP contribution in [0.25, 0.3) is 6.08 Å². The van der Waals surface area contributed by atoms with E-state index >= 15 is 0 Å². The Morgan fingerprint density at radius 2 is 1.79 bits per heavy atom. The molecule has 0 bridgehead atoms. The predicted octanol–water partition coefficient (Wildman–Crippen LogP) is 6.12. The summed E-state index contributed by atoms with van der Waals surface area (Å²) in [6, 6.07) is 16.3. The molecule has 228 valence electrons. The summed E-state index contributed by atoms with van der Waals surface area (Å²) in [4.78, 5) is 16.2. The van der Waals surface area contributed by atoms with Crippen molar-refractivity contribution in [3.8, 4) is 23.3 Å². The number of unbranched alkanes of at least 4 members (excludes halogenated alkanes) is 2. The highest BCUT2D eigenvalue weighted by Crippen LogP contribution is 2.26. The topological polar surface area (TPSA) is 104 Å². The van der Waals surface area contributed by atoms with Crippen LogP contribution in [0.15, 0.2) is 66.7 Å². The molecule has 0 saturated heterocycles. The van der Waals surface area contributed by atoms with Gasteiger partial charge in [-0.15, -0.1) is 0 Å². The average Bonchev–Trinajstić information content (AvgIpc) is 2.98. The number of alkyl halides is 3. The molecule has 0 aliphatic rings. The fourth-order valence-corrected chi connectivity index (χ4v) is 4.23. The monoisotopic (exact) mass is 616 g/mol. The van der Waals surface area contributed by atoms with Crippen LogP contribution in [-0.4, -0.2) is 45.7 Å². The smallest absolute Gasteiger partial charge is 0.497 e. The molecule has 0 fully saturated rings. The van der Waals surface area contributed by atoms with Gasteiger partial charge in [0.1, 0.15) is 17.2 Å². The highest BCUT2D eigenvalue weighted by molar-refractivity contribution is 7.93. The van der Waals surface area contributed by atoms with E-state index in [1.54, 1.807) is 19.2 Å². The molecule has 1 heterocycles. The second-order valence-electron chi connectivity index (χ2n) is 9.12. The lowest BCUT2D eigenvalue weighted by Gasteiger charge is -2.11. The number of benzene rings is 2. The van der Waals surface area contributed by atoms with E-state index in [4.69, 9.17) is 14.2 Å². The maximum absolute atomic E-state index is 12.7. The molecular weight excluding hydrogens is 585 g/mol. The molecule has 0 aliphatic carbocycles. The third kappa shape index (κ3) is 10.7. The van der Waals surface area contributed by atoms with Crippen LogP contribution in [0.1, 0.15) is 48.2 Å². The fourth-order valence-electron chi connectivity index (χ4n) is 3.68. The first-order valence-corrected chi connectivity index (χ1v) is 14.7. The Morgan fingerprint density at radius 1 is 1.02 bits per heavy atom. The lowest BCUT2D eigenvalue weighted by Crippen LogP contribution is -2.29. The summed E-state index contributed by atoms with van der Waals surface area (Å²) in [5.74, 6) is 6.48. The Balaban J connectivity index is 1.62. The van der Waals surface area contributed by atoms with Gasteiger partial charge >= 0.3 is 21.5 Å². The molecule has 3 rings (SSSR count). The molecule has 43 heavy (non-hydrogen) atoms. The van der Waals surface area contributed by atoms with Crippen molar-refractivity contribution < 1.29 is 40.6 Å². The second kappa shape index (κ2) is 15.7. The summed E-state index contributed by atoms with van der Waals surface area (Å²) in [6.07, 6.45) is 7.03. The second-order valence-corrected chi connectivity index (χ2v) is 10.8. The molecule has 1 N–H and O–H groups in total. The van der Waals surface area contributed by atoms with Gasteiger partial charge in [-0.1, -0.05) is 36.3 Å². The molecule has 1 aromatic heterocycles. The van der Waals surface area contributed by atoms with E-state index in [0.717, 1.165) is 30.6 Å². The van der Waals surface area contributed by atoms with Gasteiger partial charge in [0.2, 0.25) is 0 Å². The van der Waals surface area contributed by atoms with Gasteiger partial charge in [-0.05, 0) is 73.2 Å². The molecule has 0 radical (unpaired) electrons. The zero-order chi connectivity index (χ0) is 31.3. The molecule has 0 atom stereocenters. The zero-order valence-electron chi connectivity index (χ0n) is 23.6. The van der Waals surface area contributed by atoms with Crippen LogP contribution in [-0.2, 0) is 26.0 Å². The number of aromatic nitrogens is 1. The van der Waals surface area contributed by atoms with Crippen LogP contribution in [0.4, 0.5) is 18.9 Å². The van der Waals surface area contributed by atoms with Crippen LogP contribution in [0, 0.1) is 11.8 Å². The number of allylic oxidation sites excluding steroid dienone is 1. The van der Waals surface area contributed by atoms with Crippen molar-refractivity contribution in [2.75, 3.05) is 25.5 Å². The normalized spacial score (nSPS) is 11.5. The number of aryl methyl sites for hydroxylation is 1. The first-order valence-electron chi connectivity index (χ1n) is 13.2. The molecule has 0 spiro atoms. The molecule has 0 saturated carbocycles. The predicted molar refractivity (Wildman–Crippen MR) is 157 cm³/mol. The van der Waals surface area contributed by atoms with E-state index in [9.17, 15) is 26.4 Å². The SMILES string of the molecule is COC(=O)CCc1nc(C#Cc2cccc(NS(=O)(=O)C(F)(F)F)c2)ccc1OCCCCC=Cc1ccc(OC)cc1. The van der Waals surface area contributed by atoms with Gasteiger partial charge in [0.15, 0.2) is 0 Å². The number of rotatable bonds is 13. The van der Waals surface area contributed by atoms with Crippen LogP contribution in [0.3, 0.4) is 0 Å². The number of pyridine rings is 1. The summed E-state index contributed by atoms with van der Waals surface area (Å²) in [6.45, 7) is 0.439. The van der Waals surface area contributed by atoms with Crippen molar-refractivity contribution in [2.45, 2.75) is 37.6 Å². The van der Waals surface area contributed by atoms with E-state index in [-0.39, 0.29) is 24.1 Å². The number of anilines is 1. The summed E-state index contributed by atoms with van der Waals surface area (Å²) >= 11 is 0. The fraction of sp³-hybridized carbons (Fsp3) is 0.290. The van der Waals surface area contributed by atoms with Gasteiger partial charge < -0.3 is 14.2 Å². The Bertz CT molecular complexity index is 1580. The van der Waals surface area contributed by atoms with Crippen LogP contribution >= 0.6 is 0 Å². The van der Waals surface area contributed by atoms with Crippen molar-refractivity contribution in [1.82, 2.24) is 4.98 Å². The number of hydrogen-bond donors (Lipinski definition) is 1. The van der Waals surface area contributed by atoms with Crippen LogP contribution in [0.5, 0.6) is 11.5 Å². The Kier molecular flexibility index (Phi) is 12.0. The van der Waals surface area contributed by atoms with Crippen molar-refractivity contribution >= 4 is 27.8 Å². The largest absolute Gasteiger partial charge is 0.516 e. The van der Waals surface area contributed by atoms with Gasteiger partial charge in [0.05, 0.1) is 38.6 Å². The van der Waals surface area contributed by atoms with E-state index in [0.29, 0.717) is 23.7 Å². The molecule has 0 amide bonds. The number of esters is 1. The van der Waals surface area contributed by atoms with E-state index < -0.39 is 21.5 Å². The van der Waals surface area contributed by atoms with Gasteiger partial charge in [0.25, 0.3) is 0 Å². The number of carbonyl (C=O) groups is 1. The highest BCUT2D eigenvalue weighted by atomic mass is 32.2. The van der Waals surface area contributed by atoms with Crippen molar-refractivity contribution in [3.05, 3.63) is 89.3 Å². The number of ether oxygens (including phenoxy) is 3. The van der Waals surface area contributed by atoms with E-state index in [1.807, 2.05) is 30.3 Å². The summed E-state index contributed by atoms with van der Waals surface area (Å²) in [5.41, 5.74) is -3.55. The third-order valence-electron chi connectivity index (χ3n) is 5.93. The number of carbonyl (C=O) groups excluding carboxylic acids is 1. The Hall–Kier alpha value is -4.50. The maximum atomic E-state index is 12.7. The molecule has 0 aliphatic heterocycles. The summed E-state index contributed by atoms with van der Waals surface area (Å²) in [7, 11) is -2.64. The standard InChI is InChI=1S/C31H31F3N2O6S/c1-40-27-16-12-23(13-17-27)8-5-3-4-6-21-42-29-19-15-25(35-28(29)18-20-30(37)41-2)14-11-24-9-7-10-26(22-24)36-43(38,39)31(32,33)34/h5,7-10,12-13,15-17,19,22,36H,3-4,6,18,20-21H2,1-2H3. The first kappa shape index (κ1) is 33.0. The number of sulfonamides is 1. The van der Waals surface area contributed by atoms with Gasteiger partial charge in [0, 0.05) is 12.0 Å². The Morgan fingerprint density at radius 3 is 2.49 bits per heavy atom. The number of nitrogens with zero attached hydrogens (tertiary/aromatic N) is 1.